The average Bonchev–Trinajstić information content (AvgIpc) is 3.12. The van der Waals surface area contributed by atoms with Crippen molar-refractivity contribution in [2.45, 2.75) is 39.8 Å². The number of aryl methyl sites for hydroxylation is 2. The Labute approximate surface area is 160 Å². The average molecular weight is 368 g/mol. The van der Waals surface area contributed by atoms with Crippen molar-refractivity contribution in [1.29, 1.82) is 0 Å². The van der Waals surface area contributed by atoms with Gasteiger partial charge in [0.05, 0.1) is 12.2 Å². The number of nitrogens with one attached hydrogen (secondary N) is 1. The summed E-state index contributed by atoms with van der Waals surface area (Å²) in [5.41, 5.74) is 3.62. The molecule has 27 heavy (non-hydrogen) atoms. The highest BCUT2D eigenvalue weighted by Gasteiger charge is 2.27. The smallest absolute Gasteiger partial charge is 0.289 e. The molecule has 1 amide bonds. The van der Waals surface area contributed by atoms with Gasteiger partial charge < -0.3 is 15.1 Å². The predicted molar refractivity (Wildman–Crippen MR) is 106 cm³/mol. The molecule has 1 N–H and O–H groups in total. The molecule has 0 unspecified atom stereocenters. The van der Waals surface area contributed by atoms with Crippen LogP contribution in [0.15, 0.2) is 18.2 Å². The lowest BCUT2D eigenvalue weighted by Crippen LogP contribution is -2.33. The van der Waals surface area contributed by atoms with Crippen LogP contribution in [0.4, 0.5) is 5.82 Å². The highest BCUT2D eigenvalue weighted by atomic mass is 16.2. The monoisotopic (exact) mass is 368 g/mol. The van der Waals surface area contributed by atoms with Crippen molar-refractivity contribution in [3.05, 3.63) is 46.7 Å². The van der Waals surface area contributed by atoms with Crippen LogP contribution in [-0.2, 0) is 6.54 Å². The second-order valence-electron chi connectivity index (χ2n) is 7.39. The van der Waals surface area contributed by atoms with Crippen LogP contribution in [0.25, 0.3) is 0 Å². The lowest BCUT2D eigenvalue weighted by molar-refractivity contribution is 0.0939. The van der Waals surface area contributed by atoms with E-state index >= 15 is 0 Å². The van der Waals surface area contributed by atoms with E-state index in [0.29, 0.717) is 12.6 Å². The molecular weight excluding hydrogens is 340 g/mol. The van der Waals surface area contributed by atoms with E-state index in [1.807, 2.05) is 39.0 Å². The van der Waals surface area contributed by atoms with Crippen molar-refractivity contribution >= 4 is 11.7 Å². The van der Waals surface area contributed by atoms with Gasteiger partial charge in [-0.1, -0.05) is 6.07 Å². The maximum absolute atomic E-state index is 12.6. The van der Waals surface area contributed by atoms with Crippen LogP contribution in [0, 0.1) is 20.8 Å². The van der Waals surface area contributed by atoms with Crippen molar-refractivity contribution in [1.82, 2.24) is 25.2 Å². The molecule has 0 radical (unpaired) electrons. The first-order valence-electron chi connectivity index (χ1n) is 9.32. The fourth-order valence-electron chi connectivity index (χ4n) is 3.33. The van der Waals surface area contributed by atoms with Gasteiger partial charge in [0.1, 0.15) is 5.82 Å². The summed E-state index contributed by atoms with van der Waals surface area (Å²) in [6, 6.07) is 6.26. The van der Waals surface area contributed by atoms with Crippen molar-refractivity contribution in [3.63, 3.8) is 0 Å². The summed E-state index contributed by atoms with van der Waals surface area (Å²) in [7, 11) is 4.20. The Hall–Kier alpha value is -2.54. The van der Waals surface area contributed by atoms with Crippen molar-refractivity contribution in [2.75, 3.05) is 32.1 Å². The van der Waals surface area contributed by atoms with Gasteiger partial charge in [-0.05, 0) is 53.4 Å². The fraction of sp³-hybridized carbons (Fsp3) is 0.500. The Morgan fingerprint density at radius 2 is 2.00 bits per heavy atom. The largest absolute Gasteiger partial charge is 0.355 e. The first-order chi connectivity index (χ1) is 12.8. The van der Waals surface area contributed by atoms with E-state index < -0.39 is 0 Å². The number of hydrogen-bond acceptors (Lipinski definition) is 6. The molecule has 1 fully saturated rings. The minimum absolute atomic E-state index is 0.217. The number of amides is 1. The predicted octanol–water partition coefficient (Wildman–Crippen LogP) is 1.87. The van der Waals surface area contributed by atoms with Crippen LogP contribution in [0.3, 0.4) is 0 Å². The van der Waals surface area contributed by atoms with Crippen molar-refractivity contribution < 1.29 is 4.79 Å². The van der Waals surface area contributed by atoms with Gasteiger partial charge in [0.2, 0.25) is 5.82 Å². The molecule has 1 saturated heterocycles. The number of carbonyl (C=O) groups is 1. The summed E-state index contributed by atoms with van der Waals surface area (Å²) < 4.78 is 0. The van der Waals surface area contributed by atoms with Crippen molar-refractivity contribution in [3.8, 4) is 0 Å². The van der Waals surface area contributed by atoms with Crippen LogP contribution in [0.5, 0.6) is 0 Å². The number of aromatic nitrogens is 3. The van der Waals surface area contributed by atoms with E-state index in [-0.39, 0.29) is 11.7 Å². The van der Waals surface area contributed by atoms with Gasteiger partial charge in [-0.25, -0.2) is 9.97 Å². The fourth-order valence-corrected chi connectivity index (χ4v) is 3.33. The van der Waals surface area contributed by atoms with Crippen LogP contribution >= 0.6 is 0 Å². The molecule has 3 rings (SSSR count). The summed E-state index contributed by atoms with van der Waals surface area (Å²) in [4.78, 5) is 30.5. The van der Waals surface area contributed by atoms with E-state index in [1.165, 1.54) is 0 Å². The van der Waals surface area contributed by atoms with Gasteiger partial charge in [-0.3, -0.25) is 9.78 Å². The molecule has 0 bridgehead atoms. The highest BCUT2D eigenvalue weighted by Crippen LogP contribution is 2.25. The molecule has 0 aromatic carbocycles. The Bertz CT molecular complexity index is 835. The Balaban J connectivity index is 1.76. The number of anilines is 1. The third kappa shape index (κ3) is 4.42. The number of pyridine rings is 1. The van der Waals surface area contributed by atoms with E-state index in [9.17, 15) is 4.79 Å². The van der Waals surface area contributed by atoms with E-state index in [2.05, 4.69) is 44.2 Å². The number of likely N-dealkylation sites (N-methyl/N-ethyl adjacent to an activating group) is 1. The van der Waals surface area contributed by atoms with Gasteiger partial charge in [-0.2, -0.15) is 0 Å². The SMILES string of the molecule is Cc1cccc(CNC(=O)c2nc(C)c(C)c(N3CC[C@@H](N(C)C)C3)n2)n1. The third-order valence-electron chi connectivity index (χ3n) is 5.14. The van der Waals surface area contributed by atoms with Crippen molar-refractivity contribution in [2.24, 2.45) is 0 Å². The van der Waals surface area contributed by atoms with Gasteiger partial charge in [0.15, 0.2) is 0 Å². The molecule has 0 aliphatic carbocycles. The summed E-state index contributed by atoms with van der Waals surface area (Å²) >= 11 is 0. The summed E-state index contributed by atoms with van der Waals surface area (Å²) in [6.45, 7) is 8.09. The Kier molecular flexibility index (Phi) is 5.70. The third-order valence-corrected chi connectivity index (χ3v) is 5.14. The van der Waals surface area contributed by atoms with E-state index in [1.54, 1.807) is 0 Å². The molecule has 7 nitrogen and oxygen atoms in total. The highest BCUT2D eigenvalue weighted by molar-refractivity contribution is 5.90. The molecular formula is C20H28N6O. The number of hydrogen-bond donors (Lipinski definition) is 1. The molecule has 1 atom stereocenters. The quantitative estimate of drug-likeness (QED) is 0.868. The lowest BCUT2D eigenvalue weighted by atomic mass is 10.2. The number of carbonyl (C=O) groups excluding carboxylic acids is 1. The molecule has 2 aromatic heterocycles. The molecule has 7 heteroatoms. The number of nitrogens with zero attached hydrogens (tertiary/aromatic N) is 5. The summed E-state index contributed by atoms with van der Waals surface area (Å²) in [5.74, 6) is 0.811. The standard InChI is InChI=1S/C20H28N6O/c1-13-7-6-8-16(22-13)11-21-20(27)18-23-15(3)14(2)19(24-18)26-10-9-17(12-26)25(4)5/h6-8,17H,9-12H2,1-5H3,(H,21,27)/t17-/m1/s1. The molecule has 1 aliphatic heterocycles. The minimum Gasteiger partial charge on any atom is -0.355 e. The number of rotatable bonds is 5. The maximum atomic E-state index is 12.6. The van der Waals surface area contributed by atoms with Gasteiger partial charge in [-0.15, -0.1) is 0 Å². The Morgan fingerprint density at radius 1 is 1.22 bits per heavy atom. The second kappa shape index (κ2) is 8.00. The first kappa shape index (κ1) is 19.2. The molecule has 144 valence electrons. The topological polar surface area (TPSA) is 74.2 Å². The summed E-state index contributed by atoms with van der Waals surface area (Å²) in [6.07, 6.45) is 1.09. The van der Waals surface area contributed by atoms with Crippen LogP contribution < -0.4 is 10.2 Å². The zero-order valence-corrected chi connectivity index (χ0v) is 16.8. The molecule has 2 aromatic rings. The van der Waals surface area contributed by atoms with Gasteiger partial charge in [0.25, 0.3) is 5.91 Å². The second-order valence-corrected chi connectivity index (χ2v) is 7.39. The van der Waals surface area contributed by atoms with E-state index in [4.69, 9.17) is 0 Å². The van der Waals surface area contributed by atoms with Crippen LogP contribution in [0.2, 0.25) is 0 Å². The van der Waals surface area contributed by atoms with Crippen LogP contribution in [-0.4, -0.2) is 59.0 Å². The first-order valence-corrected chi connectivity index (χ1v) is 9.32. The molecule has 1 aliphatic rings. The van der Waals surface area contributed by atoms with Crippen LogP contribution in [0.1, 0.15) is 39.7 Å². The Morgan fingerprint density at radius 3 is 2.67 bits per heavy atom. The summed E-state index contributed by atoms with van der Waals surface area (Å²) in [5, 5.41) is 2.88. The normalized spacial score (nSPS) is 16.8. The lowest BCUT2D eigenvalue weighted by Gasteiger charge is -2.23. The van der Waals surface area contributed by atoms with Gasteiger partial charge >= 0.3 is 0 Å². The molecule has 0 saturated carbocycles. The zero-order valence-electron chi connectivity index (χ0n) is 16.8. The molecule has 0 spiro atoms. The minimum atomic E-state index is -0.272. The maximum Gasteiger partial charge on any atom is 0.289 e. The molecule has 3 heterocycles. The van der Waals surface area contributed by atoms with Gasteiger partial charge in [0, 0.05) is 36.1 Å². The zero-order chi connectivity index (χ0) is 19.6. The van der Waals surface area contributed by atoms with E-state index in [0.717, 1.165) is 48.0 Å².